The molecule has 0 aliphatic carbocycles. The van der Waals surface area contributed by atoms with Crippen LogP contribution in [0.1, 0.15) is 11.6 Å². The van der Waals surface area contributed by atoms with Crippen molar-refractivity contribution in [2.45, 2.75) is 18.5 Å². The molecule has 0 spiro atoms. The molecule has 4 aromatic rings. The Labute approximate surface area is 216 Å². The van der Waals surface area contributed by atoms with Gasteiger partial charge >= 0.3 is 0 Å². The number of alkyl halides is 2. The van der Waals surface area contributed by atoms with Crippen molar-refractivity contribution >= 4 is 34.1 Å². The Morgan fingerprint density at radius 2 is 1.86 bits per heavy atom. The van der Waals surface area contributed by atoms with Gasteiger partial charge in [-0.1, -0.05) is 35.9 Å². The second-order valence-corrected chi connectivity index (χ2v) is 9.15. The maximum absolute atomic E-state index is 14.4. The Hall–Kier alpha value is -3.47. The summed E-state index contributed by atoms with van der Waals surface area (Å²) in [5, 5.41) is 16.1. The van der Waals surface area contributed by atoms with Crippen LogP contribution in [-0.2, 0) is 0 Å². The molecule has 2 aromatic carbocycles. The predicted octanol–water partition coefficient (Wildman–Crippen LogP) is 4.67. The minimum atomic E-state index is -2.89. The number of nitrogens with zero attached hydrogens (tertiary/aromatic N) is 4. The highest BCUT2D eigenvalue weighted by atomic mass is 35.5. The molecule has 37 heavy (non-hydrogen) atoms. The molecule has 1 aliphatic heterocycles. The van der Waals surface area contributed by atoms with Crippen LogP contribution in [0.3, 0.4) is 0 Å². The van der Waals surface area contributed by atoms with Crippen molar-refractivity contribution < 1.29 is 18.3 Å². The predicted molar refractivity (Wildman–Crippen MR) is 138 cm³/mol. The van der Waals surface area contributed by atoms with Crippen LogP contribution in [0.15, 0.2) is 61.1 Å². The molecule has 192 valence electrons. The number of nitrogens with one attached hydrogen (secondary N) is 2. The first-order valence-corrected chi connectivity index (χ1v) is 12.1. The minimum Gasteiger partial charge on any atom is -0.395 e. The highest BCUT2D eigenvalue weighted by Crippen LogP contribution is 2.37. The van der Waals surface area contributed by atoms with E-state index in [4.69, 9.17) is 11.6 Å². The molecular weight excluding hydrogens is 505 g/mol. The summed E-state index contributed by atoms with van der Waals surface area (Å²) < 4.78 is 42.4. The molecule has 1 fully saturated rings. The molecule has 0 bridgehead atoms. The molecule has 0 radical (unpaired) electrons. The number of aromatic nitrogens is 3. The third kappa shape index (κ3) is 5.31. The zero-order valence-corrected chi connectivity index (χ0v) is 20.3. The summed E-state index contributed by atoms with van der Waals surface area (Å²) in [7, 11) is 0. The summed E-state index contributed by atoms with van der Waals surface area (Å²) in [5.41, 5.74) is 2.06. The van der Waals surface area contributed by atoms with Crippen LogP contribution in [0.25, 0.3) is 22.0 Å². The molecule has 11 heteroatoms. The summed E-state index contributed by atoms with van der Waals surface area (Å²) >= 11 is 6.39. The molecular formula is C26H24ClF3N6O. The smallest absolute Gasteiger partial charge is 0.262 e. The van der Waals surface area contributed by atoms with Gasteiger partial charge in [0.1, 0.15) is 11.9 Å². The van der Waals surface area contributed by atoms with Gasteiger partial charge in [-0.3, -0.25) is 4.98 Å². The summed E-state index contributed by atoms with van der Waals surface area (Å²) in [4.78, 5) is 15.3. The van der Waals surface area contributed by atoms with Crippen LogP contribution >= 0.6 is 11.6 Å². The number of hydrogen-bond donors (Lipinski definition) is 3. The third-order valence-electron chi connectivity index (χ3n) is 6.34. The monoisotopic (exact) mass is 528 g/mol. The van der Waals surface area contributed by atoms with E-state index < -0.39 is 18.3 Å². The van der Waals surface area contributed by atoms with Crippen LogP contribution in [0.4, 0.5) is 24.8 Å². The number of anilines is 2. The summed E-state index contributed by atoms with van der Waals surface area (Å²) in [6, 6.07) is 9.12. The van der Waals surface area contributed by atoms with E-state index in [0.29, 0.717) is 29.0 Å². The number of aliphatic hydroxyl groups is 1. The van der Waals surface area contributed by atoms with Crippen molar-refractivity contribution in [2.75, 3.05) is 36.5 Å². The Kier molecular flexibility index (Phi) is 7.40. The Morgan fingerprint density at radius 1 is 1.08 bits per heavy atom. The molecule has 3 N–H and O–H groups in total. The molecule has 1 saturated heterocycles. The topological polar surface area (TPSA) is 86.2 Å². The minimum absolute atomic E-state index is 0.0297. The average Bonchev–Trinajstić information content (AvgIpc) is 2.93. The number of fused-ring (bicyclic) bond motifs is 1. The zero-order chi connectivity index (χ0) is 25.9. The molecule has 5 rings (SSSR count). The lowest BCUT2D eigenvalue weighted by Gasteiger charge is -2.32. The van der Waals surface area contributed by atoms with Gasteiger partial charge in [-0.05, 0) is 23.8 Å². The van der Waals surface area contributed by atoms with Crippen molar-refractivity contribution in [1.29, 1.82) is 0 Å². The SMILES string of the molecule is OC[C@@H]1CN(c2ncc(-c3ccc4ncc(Cl)c(NC(c5ccccc5F)C(F)F)c4c3)cn2)CCN1. The first-order chi connectivity index (χ1) is 17.9. The highest BCUT2D eigenvalue weighted by Gasteiger charge is 2.27. The van der Waals surface area contributed by atoms with Crippen LogP contribution < -0.4 is 15.5 Å². The van der Waals surface area contributed by atoms with Crippen LogP contribution in [-0.4, -0.2) is 58.8 Å². The van der Waals surface area contributed by atoms with Gasteiger partial charge in [0.05, 0.1) is 22.8 Å². The summed E-state index contributed by atoms with van der Waals surface area (Å²) in [6.07, 6.45) is 1.86. The Bertz CT molecular complexity index is 1390. The maximum atomic E-state index is 14.4. The van der Waals surface area contributed by atoms with Gasteiger partial charge in [-0.25, -0.2) is 23.1 Å². The number of pyridine rings is 1. The third-order valence-corrected chi connectivity index (χ3v) is 6.63. The fraction of sp³-hybridized carbons (Fsp3) is 0.269. The summed E-state index contributed by atoms with van der Waals surface area (Å²) in [6.45, 7) is 2.07. The van der Waals surface area contributed by atoms with Gasteiger partial charge in [-0.15, -0.1) is 0 Å². The number of benzene rings is 2. The van der Waals surface area contributed by atoms with Gasteiger partial charge in [0.25, 0.3) is 6.43 Å². The number of piperazine rings is 1. The van der Waals surface area contributed by atoms with E-state index in [0.717, 1.165) is 24.7 Å². The standard InChI is InChI=1S/C26H24ClF3N6O/c27-20-12-32-22-6-5-15(16-10-33-26(34-11-16)36-8-7-31-17(13-36)14-37)9-19(22)23(20)35-24(25(29)30)18-3-1-2-4-21(18)28/h1-6,9-12,17,24-25,31,37H,7-8,13-14H2,(H,32,35)/t17-,24?/m0/s1. The van der Waals surface area contributed by atoms with Gasteiger partial charge in [0.15, 0.2) is 0 Å². The van der Waals surface area contributed by atoms with E-state index in [1.807, 2.05) is 11.0 Å². The lowest BCUT2D eigenvalue weighted by Crippen LogP contribution is -2.52. The van der Waals surface area contributed by atoms with E-state index in [2.05, 4.69) is 25.6 Å². The molecule has 3 heterocycles. The van der Waals surface area contributed by atoms with Crippen molar-refractivity contribution in [2.24, 2.45) is 0 Å². The van der Waals surface area contributed by atoms with Crippen molar-refractivity contribution in [1.82, 2.24) is 20.3 Å². The number of rotatable bonds is 7. The molecule has 2 aromatic heterocycles. The highest BCUT2D eigenvalue weighted by molar-refractivity contribution is 6.34. The van der Waals surface area contributed by atoms with Crippen molar-refractivity contribution in [3.05, 3.63) is 77.5 Å². The Balaban J connectivity index is 1.48. The normalized spacial score (nSPS) is 16.8. The average molecular weight is 529 g/mol. The van der Waals surface area contributed by atoms with Crippen molar-refractivity contribution in [3.63, 3.8) is 0 Å². The molecule has 0 saturated carbocycles. The largest absolute Gasteiger partial charge is 0.395 e. The van der Waals surface area contributed by atoms with Crippen LogP contribution in [0, 0.1) is 5.82 Å². The first-order valence-electron chi connectivity index (χ1n) is 11.7. The molecule has 1 unspecified atom stereocenters. The number of halogens is 4. The van der Waals surface area contributed by atoms with E-state index >= 15 is 0 Å². The van der Waals surface area contributed by atoms with Gasteiger partial charge < -0.3 is 20.6 Å². The number of aliphatic hydroxyl groups excluding tert-OH is 1. The Morgan fingerprint density at radius 3 is 2.59 bits per heavy atom. The fourth-order valence-corrected chi connectivity index (χ4v) is 4.62. The van der Waals surface area contributed by atoms with E-state index in [1.54, 1.807) is 24.5 Å². The van der Waals surface area contributed by atoms with Gasteiger partial charge in [0, 0.05) is 60.8 Å². The van der Waals surface area contributed by atoms with E-state index in [-0.39, 0.29) is 28.9 Å². The fourth-order valence-electron chi connectivity index (χ4n) is 4.42. The molecule has 1 aliphatic rings. The quantitative estimate of drug-likeness (QED) is 0.321. The van der Waals surface area contributed by atoms with E-state index in [1.165, 1.54) is 24.4 Å². The lowest BCUT2D eigenvalue weighted by molar-refractivity contribution is 0.123. The molecule has 2 atom stereocenters. The second-order valence-electron chi connectivity index (χ2n) is 8.74. The van der Waals surface area contributed by atoms with Gasteiger partial charge in [0.2, 0.25) is 5.95 Å². The van der Waals surface area contributed by atoms with Crippen LogP contribution in [0.5, 0.6) is 0 Å². The lowest BCUT2D eigenvalue weighted by atomic mass is 10.0. The van der Waals surface area contributed by atoms with Gasteiger partial charge in [-0.2, -0.15) is 0 Å². The molecule has 7 nitrogen and oxygen atoms in total. The number of hydrogen-bond acceptors (Lipinski definition) is 7. The first kappa shape index (κ1) is 25.2. The van der Waals surface area contributed by atoms with Crippen molar-refractivity contribution in [3.8, 4) is 11.1 Å². The van der Waals surface area contributed by atoms with Crippen LogP contribution in [0.2, 0.25) is 5.02 Å². The molecule has 0 amide bonds. The second kappa shape index (κ2) is 10.9. The zero-order valence-electron chi connectivity index (χ0n) is 19.6. The van der Waals surface area contributed by atoms with E-state index in [9.17, 15) is 18.3 Å². The summed E-state index contributed by atoms with van der Waals surface area (Å²) in [5.74, 6) is -0.177. The maximum Gasteiger partial charge on any atom is 0.262 e.